The maximum absolute atomic E-state index is 11.4. The quantitative estimate of drug-likeness (QED) is 0.733. The van der Waals surface area contributed by atoms with Gasteiger partial charge in [0.1, 0.15) is 0 Å². The van der Waals surface area contributed by atoms with Gasteiger partial charge in [-0.3, -0.25) is 4.79 Å². The highest BCUT2D eigenvalue weighted by Crippen LogP contribution is 2.28. The molecule has 0 unspecified atom stereocenters. The van der Waals surface area contributed by atoms with Gasteiger partial charge in [0.2, 0.25) is 0 Å². The third-order valence-electron chi connectivity index (χ3n) is 4.05. The summed E-state index contributed by atoms with van der Waals surface area (Å²) < 4.78 is 10.5. The van der Waals surface area contributed by atoms with Crippen molar-refractivity contribution in [2.45, 2.75) is 33.2 Å². The van der Waals surface area contributed by atoms with Gasteiger partial charge in [-0.2, -0.15) is 0 Å². The van der Waals surface area contributed by atoms with Gasteiger partial charge in [0.15, 0.2) is 11.5 Å². The van der Waals surface area contributed by atoms with Crippen molar-refractivity contribution in [3.05, 3.63) is 23.8 Å². The Morgan fingerprint density at radius 3 is 2.29 bits per heavy atom. The molecule has 0 aliphatic heterocycles. The van der Waals surface area contributed by atoms with Crippen molar-refractivity contribution < 1.29 is 19.4 Å². The summed E-state index contributed by atoms with van der Waals surface area (Å²) in [4.78, 5) is 11.4. The molecule has 0 heterocycles. The lowest BCUT2D eigenvalue weighted by molar-refractivity contribution is -0.149. The molecule has 0 aliphatic carbocycles. The molecule has 0 saturated carbocycles. The van der Waals surface area contributed by atoms with Crippen molar-refractivity contribution in [3.63, 3.8) is 0 Å². The topological polar surface area (TPSA) is 67.8 Å². The molecule has 5 heteroatoms. The first-order valence-electron chi connectivity index (χ1n) is 7.18. The van der Waals surface area contributed by atoms with Crippen LogP contribution in [-0.2, 0) is 11.3 Å². The Balaban J connectivity index is 2.69. The standard InChI is InChI=1S/C16H25NO4/c1-5-16(6-2,15(18)19)11-17-10-12-7-8-13(20-3)14(9-12)21-4/h7-9,17H,5-6,10-11H2,1-4H3,(H,18,19). The molecular formula is C16H25NO4. The lowest BCUT2D eigenvalue weighted by Gasteiger charge is -2.27. The summed E-state index contributed by atoms with van der Waals surface area (Å²) in [7, 11) is 3.19. The SMILES string of the molecule is CCC(CC)(CNCc1ccc(OC)c(OC)c1)C(=O)O. The van der Waals surface area contributed by atoms with Gasteiger partial charge in [-0.25, -0.2) is 0 Å². The lowest BCUT2D eigenvalue weighted by Crippen LogP contribution is -2.40. The van der Waals surface area contributed by atoms with E-state index in [1.807, 2.05) is 32.0 Å². The van der Waals surface area contributed by atoms with Gasteiger partial charge >= 0.3 is 5.97 Å². The fourth-order valence-electron chi connectivity index (χ4n) is 2.31. The van der Waals surface area contributed by atoms with Crippen LogP contribution in [0.15, 0.2) is 18.2 Å². The number of carbonyl (C=O) groups is 1. The monoisotopic (exact) mass is 295 g/mol. The second-order valence-electron chi connectivity index (χ2n) is 5.09. The minimum absolute atomic E-state index is 0.448. The van der Waals surface area contributed by atoms with E-state index in [0.717, 1.165) is 5.56 Å². The van der Waals surface area contributed by atoms with Gasteiger partial charge in [0.25, 0.3) is 0 Å². The summed E-state index contributed by atoms with van der Waals surface area (Å²) in [5, 5.41) is 12.6. The Kier molecular flexibility index (Phi) is 6.49. The van der Waals surface area contributed by atoms with Crippen molar-refractivity contribution in [2.75, 3.05) is 20.8 Å². The van der Waals surface area contributed by atoms with Crippen LogP contribution in [0.5, 0.6) is 11.5 Å². The summed E-state index contributed by atoms with van der Waals surface area (Å²) in [6.45, 7) is 4.87. The molecule has 0 radical (unpaired) electrons. The normalized spacial score (nSPS) is 11.2. The van der Waals surface area contributed by atoms with E-state index in [4.69, 9.17) is 9.47 Å². The molecular weight excluding hydrogens is 270 g/mol. The summed E-state index contributed by atoms with van der Waals surface area (Å²) >= 11 is 0. The molecule has 118 valence electrons. The largest absolute Gasteiger partial charge is 0.493 e. The van der Waals surface area contributed by atoms with E-state index in [1.54, 1.807) is 14.2 Å². The highest BCUT2D eigenvalue weighted by molar-refractivity contribution is 5.74. The average molecular weight is 295 g/mol. The third-order valence-corrected chi connectivity index (χ3v) is 4.05. The number of methoxy groups -OCH3 is 2. The molecule has 0 aromatic heterocycles. The zero-order valence-electron chi connectivity index (χ0n) is 13.2. The zero-order valence-corrected chi connectivity index (χ0v) is 13.2. The minimum Gasteiger partial charge on any atom is -0.493 e. The number of rotatable bonds is 9. The van der Waals surface area contributed by atoms with Crippen molar-refractivity contribution in [1.82, 2.24) is 5.32 Å². The maximum atomic E-state index is 11.4. The number of aliphatic carboxylic acids is 1. The second kappa shape index (κ2) is 7.88. The number of hydrogen-bond donors (Lipinski definition) is 2. The summed E-state index contributed by atoms with van der Waals surface area (Å²) in [6, 6.07) is 5.68. The average Bonchev–Trinajstić information content (AvgIpc) is 2.51. The van der Waals surface area contributed by atoms with Crippen LogP contribution in [0.2, 0.25) is 0 Å². The minimum atomic E-state index is -0.743. The molecule has 1 aromatic carbocycles. The van der Waals surface area contributed by atoms with E-state index in [9.17, 15) is 9.90 Å². The van der Waals surface area contributed by atoms with Gasteiger partial charge in [-0.1, -0.05) is 19.9 Å². The summed E-state index contributed by atoms with van der Waals surface area (Å²) in [5.74, 6) is 0.614. The molecule has 0 fully saturated rings. The first kappa shape index (κ1) is 17.3. The molecule has 0 bridgehead atoms. The van der Waals surface area contributed by atoms with Gasteiger partial charge in [0.05, 0.1) is 19.6 Å². The smallest absolute Gasteiger partial charge is 0.310 e. The first-order valence-corrected chi connectivity index (χ1v) is 7.18. The van der Waals surface area contributed by atoms with Crippen molar-refractivity contribution in [1.29, 1.82) is 0 Å². The predicted octanol–water partition coefficient (Wildman–Crippen LogP) is 2.68. The number of benzene rings is 1. The summed E-state index contributed by atoms with van der Waals surface area (Å²) in [6.07, 6.45) is 1.22. The van der Waals surface area contributed by atoms with E-state index in [0.29, 0.717) is 37.4 Å². The molecule has 2 N–H and O–H groups in total. The molecule has 0 spiro atoms. The number of carboxylic acid groups (broad SMARTS) is 1. The molecule has 0 atom stereocenters. The van der Waals surface area contributed by atoms with Crippen molar-refractivity contribution in [2.24, 2.45) is 5.41 Å². The van der Waals surface area contributed by atoms with Gasteiger partial charge in [0, 0.05) is 13.1 Å². The van der Waals surface area contributed by atoms with Crippen LogP contribution in [0.3, 0.4) is 0 Å². The summed E-state index contributed by atoms with van der Waals surface area (Å²) in [5.41, 5.74) is 0.329. The highest BCUT2D eigenvalue weighted by atomic mass is 16.5. The molecule has 1 aromatic rings. The van der Waals surface area contributed by atoms with Crippen LogP contribution < -0.4 is 14.8 Å². The molecule has 0 amide bonds. The van der Waals surface area contributed by atoms with Crippen molar-refractivity contribution in [3.8, 4) is 11.5 Å². The van der Waals surface area contributed by atoms with E-state index >= 15 is 0 Å². The lowest BCUT2D eigenvalue weighted by atomic mass is 9.82. The Morgan fingerprint density at radius 1 is 1.19 bits per heavy atom. The number of carboxylic acids is 1. The van der Waals surface area contributed by atoms with Crippen LogP contribution in [0.4, 0.5) is 0 Å². The van der Waals surface area contributed by atoms with E-state index < -0.39 is 11.4 Å². The van der Waals surface area contributed by atoms with E-state index in [1.165, 1.54) is 0 Å². The Morgan fingerprint density at radius 2 is 1.81 bits per heavy atom. The fraction of sp³-hybridized carbons (Fsp3) is 0.562. The molecule has 0 aliphatic rings. The van der Waals surface area contributed by atoms with E-state index in [2.05, 4.69) is 5.32 Å². The van der Waals surface area contributed by atoms with Crippen LogP contribution in [0, 0.1) is 5.41 Å². The Hall–Kier alpha value is -1.75. The molecule has 0 saturated heterocycles. The molecule has 5 nitrogen and oxygen atoms in total. The second-order valence-corrected chi connectivity index (χ2v) is 5.09. The maximum Gasteiger partial charge on any atom is 0.310 e. The van der Waals surface area contributed by atoms with Gasteiger partial charge in [-0.05, 0) is 30.5 Å². The van der Waals surface area contributed by atoms with Crippen LogP contribution in [0.25, 0.3) is 0 Å². The van der Waals surface area contributed by atoms with Crippen LogP contribution in [0.1, 0.15) is 32.3 Å². The Bertz CT molecular complexity index is 469. The van der Waals surface area contributed by atoms with Crippen molar-refractivity contribution >= 4 is 5.97 Å². The highest BCUT2D eigenvalue weighted by Gasteiger charge is 2.34. The molecule has 1 rings (SSSR count). The van der Waals surface area contributed by atoms with Crippen LogP contribution in [-0.4, -0.2) is 31.8 Å². The van der Waals surface area contributed by atoms with E-state index in [-0.39, 0.29) is 0 Å². The first-order chi connectivity index (χ1) is 10.0. The predicted molar refractivity (Wildman–Crippen MR) is 81.9 cm³/mol. The van der Waals surface area contributed by atoms with Crippen LogP contribution >= 0.6 is 0 Å². The number of nitrogens with one attached hydrogen (secondary N) is 1. The Labute approximate surface area is 126 Å². The van der Waals surface area contributed by atoms with Gasteiger partial charge < -0.3 is 19.9 Å². The number of ether oxygens (including phenoxy) is 2. The third kappa shape index (κ3) is 4.11. The zero-order chi connectivity index (χ0) is 15.9. The molecule has 21 heavy (non-hydrogen) atoms. The van der Waals surface area contributed by atoms with Gasteiger partial charge in [-0.15, -0.1) is 0 Å². The number of hydrogen-bond acceptors (Lipinski definition) is 4. The fourth-order valence-corrected chi connectivity index (χ4v) is 2.31.